The maximum absolute atomic E-state index is 12.3. The van der Waals surface area contributed by atoms with Gasteiger partial charge in [0, 0.05) is 18.9 Å². The van der Waals surface area contributed by atoms with Gasteiger partial charge in [0.25, 0.3) is 5.91 Å². The summed E-state index contributed by atoms with van der Waals surface area (Å²) in [4.78, 5) is 48.0. The number of hydrogen-bond donors (Lipinski definition) is 4. The molecule has 142 valence electrons. The van der Waals surface area contributed by atoms with E-state index in [2.05, 4.69) is 21.3 Å². The Labute approximate surface area is 155 Å². The zero-order valence-electron chi connectivity index (χ0n) is 14.6. The van der Waals surface area contributed by atoms with E-state index in [1.54, 1.807) is 18.2 Å². The molecule has 5 amide bonds. The van der Waals surface area contributed by atoms with E-state index in [-0.39, 0.29) is 30.8 Å². The van der Waals surface area contributed by atoms with Gasteiger partial charge in [-0.3, -0.25) is 14.9 Å². The second kappa shape index (κ2) is 6.57. The molecule has 1 aromatic rings. The van der Waals surface area contributed by atoms with Gasteiger partial charge in [0.05, 0.1) is 17.9 Å². The number of hydrogen-bond acceptors (Lipinski definition) is 5. The molecule has 1 aromatic carbocycles. The lowest BCUT2D eigenvalue weighted by Gasteiger charge is -2.28. The van der Waals surface area contributed by atoms with Crippen LogP contribution in [-0.4, -0.2) is 42.4 Å². The van der Waals surface area contributed by atoms with Crippen molar-refractivity contribution in [1.82, 2.24) is 16.0 Å². The molecule has 4 N–H and O–H groups in total. The van der Waals surface area contributed by atoms with Crippen LogP contribution in [0.1, 0.15) is 36.0 Å². The molecular formula is C18H20N4O5. The molecule has 1 aliphatic carbocycles. The van der Waals surface area contributed by atoms with Crippen LogP contribution in [-0.2, 0) is 4.79 Å². The molecule has 2 atom stereocenters. The van der Waals surface area contributed by atoms with E-state index in [4.69, 9.17) is 4.74 Å². The lowest BCUT2D eigenvalue weighted by molar-refractivity contribution is -0.125. The van der Waals surface area contributed by atoms with Gasteiger partial charge in [-0.2, -0.15) is 0 Å². The van der Waals surface area contributed by atoms with Crippen LogP contribution in [0.3, 0.4) is 0 Å². The van der Waals surface area contributed by atoms with Crippen LogP contribution in [0.15, 0.2) is 18.2 Å². The summed E-state index contributed by atoms with van der Waals surface area (Å²) >= 11 is 0. The van der Waals surface area contributed by atoms with E-state index < -0.39 is 17.6 Å². The van der Waals surface area contributed by atoms with E-state index in [1.165, 1.54) is 0 Å². The normalized spacial score (nSPS) is 26.2. The van der Waals surface area contributed by atoms with Crippen molar-refractivity contribution in [2.75, 3.05) is 18.5 Å². The first kappa shape index (κ1) is 17.3. The highest BCUT2D eigenvalue weighted by Crippen LogP contribution is 2.37. The molecule has 27 heavy (non-hydrogen) atoms. The van der Waals surface area contributed by atoms with Crippen molar-refractivity contribution in [3.63, 3.8) is 0 Å². The van der Waals surface area contributed by atoms with Gasteiger partial charge in [0.2, 0.25) is 0 Å². The summed E-state index contributed by atoms with van der Waals surface area (Å²) in [5.41, 5.74) is -0.0588. The third-order valence-electron chi connectivity index (χ3n) is 5.44. The minimum absolute atomic E-state index is 0.0174. The number of urea groups is 2. The molecule has 1 saturated heterocycles. The fraction of sp³-hybridized carbons (Fsp3) is 0.444. The molecule has 4 rings (SSSR count). The molecule has 9 nitrogen and oxygen atoms in total. The summed E-state index contributed by atoms with van der Waals surface area (Å²) in [5.74, 6) is -0.154. The Kier molecular flexibility index (Phi) is 4.21. The number of benzene rings is 1. The molecule has 2 fully saturated rings. The summed E-state index contributed by atoms with van der Waals surface area (Å²) in [5, 5.41) is 10.5. The average molecular weight is 372 g/mol. The van der Waals surface area contributed by atoms with Crippen LogP contribution in [0.5, 0.6) is 5.75 Å². The van der Waals surface area contributed by atoms with Crippen LogP contribution in [0.2, 0.25) is 0 Å². The number of rotatable bonds is 3. The second-order valence-electron chi connectivity index (χ2n) is 7.01. The van der Waals surface area contributed by atoms with Gasteiger partial charge in [-0.05, 0) is 25.0 Å². The topological polar surface area (TPSA) is 126 Å². The van der Waals surface area contributed by atoms with Crippen molar-refractivity contribution in [2.24, 2.45) is 5.92 Å². The molecule has 2 aliphatic heterocycles. The van der Waals surface area contributed by atoms with Gasteiger partial charge >= 0.3 is 12.1 Å². The third kappa shape index (κ3) is 2.98. The fourth-order valence-corrected chi connectivity index (χ4v) is 4.10. The Hall–Kier alpha value is -3.10. The fourth-order valence-electron chi connectivity index (χ4n) is 4.10. The Balaban J connectivity index is 1.41. The van der Waals surface area contributed by atoms with Crippen molar-refractivity contribution >= 4 is 29.4 Å². The SMILES string of the molecule is O=C(NCC1CCCC12NC(=O)NC2=O)Nc1cccc2c1OCCC2=O. The van der Waals surface area contributed by atoms with E-state index >= 15 is 0 Å². The Morgan fingerprint density at radius 3 is 2.93 bits per heavy atom. The van der Waals surface area contributed by atoms with Gasteiger partial charge in [-0.25, -0.2) is 9.59 Å². The maximum atomic E-state index is 12.3. The number of imide groups is 1. The molecule has 1 saturated carbocycles. The van der Waals surface area contributed by atoms with Crippen LogP contribution >= 0.6 is 0 Å². The lowest BCUT2D eigenvalue weighted by Crippen LogP contribution is -2.53. The minimum atomic E-state index is -0.939. The van der Waals surface area contributed by atoms with Crippen LogP contribution < -0.4 is 26.0 Å². The number of para-hydroxylation sites is 1. The summed E-state index contributed by atoms with van der Waals surface area (Å²) in [6.07, 6.45) is 2.40. The maximum Gasteiger partial charge on any atom is 0.322 e. The Bertz CT molecular complexity index is 839. The number of anilines is 1. The number of carbonyl (C=O) groups excluding carboxylic acids is 4. The predicted molar refractivity (Wildman–Crippen MR) is 94.7 cm³/mol. The highest BCUT2D eigenvalue weighted by molar-refractivity contribution is 6.07. The summed E-state index contributed by atoms with van der Waals surface area (Å²) < 4.78 is 5.54. The summed E-state index contributed by atoms with van der Waals surface area (Å²) in [7, 11) is 0. The third-order valence-corrected chi connectivity index (χ3v) is 5.44. The van der Waals surface area contributed by atoms with E-state index in [1.807, 2.05) is 0 Å². The zero-order chi connectivity index (χ0) is 19.0. The van der Waals surface area contributed by atoms with Crippen LogP contribution in [0.4, 0.5) is 15.3 Å². The summed E-state index contributed by atoms with van der Waals surface area (Å²) in [6.45, 7) is 0.528. The number of fused-ring (bicyclic) bond motifs is 1. The first-order valence-corrected chi connectivity index (χ1v) is 8.97. The van der Waals surface area contributed by atoms with Crippen molar-refractivity contribution in [1.29, 1.82) is 0 Å². The number of carbonyl (C=O) groups is 4. The molecule has 2 heterocycles. The zero-order valence-corrected chi connectivity index (χ0v) is 14.6. The highest BCUT2D eigenvalue weighted by atomic mass is 16.5. The number of nitrogens with one attached hydrogen (secondary N) is 4. The first-order chi connectivity index (χ1) is 13.0. The van der Waals surface area contributed by atoms with Gasteiger partial charge < -0.3 is 20.7 Å². The molecule has 0 aromatic heterocycles. The molecule has 0 radical (unpaired) electrons. The lowest BCUT2D eigenvalue weighted by atomic mass is 9.87. The molecule has 3 aliphatic rings. The van der Waals surface area contributed by atoms with Crippen molar-refractivity contribution < 1.29 is 23.9 Å². The number of ketones is 1. The van der Waals surface area contributed by atoms with Crippen molar-refractivity contribution in [2.45, 2.75) is 31.2 Å². The van der Waals surface area contributed by atoms with E-state index in [0.29, 0.717) is 29.8 Å². The quantitative estimate of drug-likeness (QED) is 0.592. The van der Waals surface area contributed by atoms with Gasteiger partial charge in [0.15, 0.2) is 11.5 Å². The van der Waals surface area contributed by atoms with Gasteiger partial charge in [-0.15, -0.1) is 0 Å². The van der Waals surface area contributed by atoms with Crippen LogP contribution in [0, 0.1) is 5.92 Å². The van der Waals surface area contributed by atoms with Crippen LogP contribution in [0.25, 0.3) is 0 Å². The number of ether oxygens (including phenoxy) is 1. The molecular weight excluding hydrogens is 352 g/mol. The Morgan fingerprint density at radius 1 is 1.30 bits per heavy atom. The smallest absolute Gasteiger partial charge is 0.322 e. The van der Waals surface area contributed by atoms with Crippen molar-refractivity contribution in [3.05, 3.63) is 23.8 Å². The molecule has 9 heteroatoms. The predicted octanol–water partition coefficient (Wildman–Crippen LogP) is 1.15. The monoisotopic (exact) mass is 372 g/mol. The first-order valence-electron chi connectivity index (χ1n) is 8.97. The van der Waals surface area contributed by atoms with E-state index in [0.717, 1.165) is 12.8 Å². The number of Topliss-reactive ketones (excluding diaryl/α,β-unsaturated/α-hetero) is 1. The van der Waals surface area contributed by atoms with Gasteiger partial charge in [0.1, 0.15) is 5.54 Å². The number of amides is 5. The van der Waals surface area contributed by atoms with Crippen molar-refractivity contribution in [3.8, 4) is 5.75 Å². The standard InChI is InChI=1S/C18H20N4O5/c23-13-6-8-27-14-11(13)4-1-5-12(14)20-16(25)19-9-10-3-2-7-18(10)15(24)21-17(26)22-18/h1,4-5,10H,2-3,6-9H2,(H2,19,20,25)(H2,21,22,24,26). The van der Waals surface area contributed by atoms with E-state index in [9.17, 15) is 19.2 Å². The molecule has 0 bridgehead atoms. The average Bonchev–Trinajstić information content (AvgIpc) is 3.17. The second-order valence-corrected chi connectivity index (χ2v) is 7.01. The largest absolute Gasteiger partial charge is 0.490 e. The highest BCUT2D eigenvalue weighted by Gasteiger charge is 2.54. The summed E-state index contributed by atoms with van der Waals surface area (Å²) in [6, 6.07) is 4.07. The van der Waals surface area contributed by atoms with Gasteiger partial charge in [-0.1, -0.05) is 12.5 Å². The molecule has 1 spiro atoms. The minimum Gasteiger partial charge on any atom is -0.490 e. The Morgan fingerprint density at radius 2 is 2.15 bits per heavy atom. The molecule has 2 unspecified atom stereocenters.